The first-order valence-electron chi connectivity index (χ1n) is 7.72. The van der Waals surface area contributed by atoms with Gasteiger partial charge < -0.3 is 9.47 Å². The highest BCUT2D eigenvalue weighted by Gasteiger charge is 2.36. The van der Waals surface area contributed by atoms with Gasteiger partial charge in [0.05, 0.1) is 13.2 Å². The number of esters is 1. The van der Waals surface area contributed by atoms with Crippen LogP contribution in [-0.4, -0.2) is 25.3 Å². The summed E-state index contributed by atoms with van der Waals surface area (Å²) in [4.78, 5) is 12.6. The Morgan fingerprint density at radius 3 is 2.83 bits per heavy atom. The van der Waals surface area contributed by atoms with E-state index < -0.39 is 0 Å². The van der Waals surface area contributed by atoms with Gasteiger partial charge in [-0.3, -0.25) is 4.79 Å². The molecule has 1 aliphatic heterocycles. The average molecular weight is 377 g/mol. The number of rotatable bonds is 7. The van der Waals surface area contributed by atoms with Crippen LogP contribution in [0.4, 0.5) is 0 Å². The second-order valence-corrected chi connectivity index (χ2v) is 5.48. The number of unbranched alkanes of at least 4 members (excludes halogenated alkanes) is 3. The number of methoxy groups -OCH3 is 1. The van der Waals surface area contributed by atoms with Crippen LogP contribution < -0.4 is 0 Å². The van der Waals surface area contributed by atoms with Crippen LogP contribution in [0, 0.1) is 35.5 Å². The van der Waals surface area contributed by atoms with Crippen molar-refractivity contribution in [2.24, 2.45) is 0 Å². The number of hydrogen-bond acceptors (Lipinski definition) is 3. The number of carbonyl (C=O) groups is 1. The fourth-order valence-corrected chi connectivity index (χ4v) is 1.98. The van der Waals surface area contributed by atoms with Gasteiger partial charge in [-0.05, 0) is 48.6 Å². The van der Waals surface area contributed by atoms with E-state index in [-0.39, 0.29) is 18.2 Å². The molecule has 1 fully saturated rings. The van der Waals surface area contributed by atoms with Crippen LogP contribution in [0.5, 0.6) is 0 Å². The summed E-state index contributed by atoms with van der Waals surface area (Å²) >= 11 is 3.17. The molecule has 122 valence electrons. The van der Waals surface area contributed by atoms with Gasteiger partial charge in [-0.1, -0.05) is 39.6 Å². The lowest BCUT2D eigenvalue weighted by molar-refractivity contribution is -0.140. The fraction of sp³-hybridized carbons (Fsp3) is 0.526. The van der Waals surface area contributed by atoms with Crippen molar-refractivity contribution in [2.75, 3.05) is 7.11 Å². The molecule has 23 heavy (non-hydrogen) atoms. The Labute approximate surface area is 147 Å². The minimum Gasteiger partial charge on any atom is -0.469 e. The normalized spacial score (nSPS) is 18.0. The molecular formula is C19H21BrO3. The molecule has 0 spiro atoms. The van der Waals surface area contributed by atoms with Crippen LogP contribution >= 0.6 is 15.9 Å². The molecule has 3 nitrogen and oxygen atoms in total. The molecule has 0 aliphatic carbocycles. The number of allylic oxidation sites excluding steroid dienone is 1. The van der Waals surface area contributed by atoms with Crippen molar-refractivity contribution in [3.63, 3.8) is 0 Å². The van der Waals surface area contributed by atoms with E-state index in [9.17, 15) is 4.79 Å². The molecule has 1 saturated heterocycles. The lowest BCUT2D eigenvalue weighted by atomic mass is 10.1. The average Bonchev–Trinajstić information content (AvgIpc) is 3.31. The third-order valence-electron chi connectivity index (χ3n) is 3.15. The van der Waals surface area contributed by atoms with Gasteiger partial charge in [-0.25, -0.2) is 0 Å². The molecule has 1 heterocycles. The topological polar surface area (TPSA) is 38.8 Å². The van der Waals surface area contributed by atoms with Crippen molar-refractivity contribution in [3.8, 4) is 35.5 Å². The Morgan fingerprint density at radius 2 is 2.04 bits per heavy atom. The van der Waals surface area contributed by atoms with E-state index in [1.54, 1.807) is 11.1 Å². The minimum absolute atomic E-state index is 0.0433. The van der Waals surface area contributed by atoms with Crippen LogP contribution in [0.3, 0.4) is 0 Å². The number of hydrogen-bond donors (Lipinski definition) is 0. The Morgan fingerprint density at radius 1 is 1.22 bits per heavy atom. The predicted molar refractivity (Wildman–Crippen MR) is 94.4 cm³/mol. The van der Waals surface area contributed by atoms with Gasteiger partial charge >= 0.3 is 5.97 Å². The van der Waals surface area contributed by atoms with Gasteiger partial charge in [-0.15, -0.1) is 0 Å². The number of halogens is 1. The Balaban J connectivity index is 2.03. The monoisotopic (exact) mass is 376 g/mol. The zero-order valence-electron chi connectivity index (χ0n) is 13.4. The molecule has 0 aromatic heterocycles. The van der Waals surface area contributed by atoms with Crippen molar-refractivity contribution in [2.45, 2.75) is 57.2 Å². The third-order valence-corrected chi connectivity index (χ3v) is 3.41. The zero-order valence-corrected chi connectivity index (χ0v) is 14.9. The number of epoxide rings is 1. The maximum atomic E-state index is 10.9. The summed E-state index contributed by atoms with van der Waals surface area (Å²) in [6.45, 7) is 0. The molecule has 2 unspecified atom stereocenters. The summed E-state index contributed by atoms with van der Waals surface area (Å²) < 4.78 is 10.0. The molecule has 2 atom stereocenters. The Kier molecular flexibility index (Phi) is 10.8. The molecular weight excluding hydrogens is 356 g/mol. The minimum atomic E-state index is -0.197. The van der Waals surface area contributed by atoms with Gasteiger partial charge in [-0.2, -0.15) is 0 Å². The highest BCUT2D eigenvalue weighted by molar-refractivity contribution is 9.11. The summed E-state index contributed by atoms with van der Waals surface area (Å²) in [7, 11) is 1.39. The largest absolute Gasteiger partial charge is 0.469 e. The second kappa shape index (κ2) is 12.8. The first-order chi connectivity index (χ1) is 11.3. The lowest BCUT2D eigenvalue weighted by Gasteiger charge is -1.93. The second-order valence-electron chi connectivity index (χ2n) is 4.96. The van der Waals surface area contributed by atoms with E-state index in [0.717, 1.165) is 25.7 Å². The standard InChI is InChI=1S/C19H21BrO3/c1-22-19(21)15-11-7-4-6-10-14-18-17(23-18)13-9-5-2-3-8-12-16-20/h12,16-18H,2,5,7,9,11,13,15H2,1H3. The van der Waals surface area contributed by atoms with Crippen molar-refractivity contribution < 1.29 is 14.3 Å². The molecule has 0 aromatic rings. The van der Waals surface area contributed by atoms with Gasteiger partial charge in [0.1, 0.15) is 6.10 Å². The quantitative estimate of drug-likeness (QED) is 0.295. The van der Waals surface area contributed by atoms with Gasteiger partial charge in [0.25, 0.3) is 0 Å². The smallest absolute Gasteiger partial charge is 0.305 e. The summed E-state index contributed by atoms with van der Waals surface area (Å²) in [6, 6.07) is 0. The molecule has 0 bridgehead atoms. The van der Waals surface area contributed by atoms with Crippen molar-refractivity contribution in [3.05, 3.63) is 11.1 Å². The highest BCUT2D eigenvalue weighted by atomic mass is 79.9. The van der Waals surface area contributed by atoms with E-state index in [1.165, 1.54) is 7.11 Å². The number of carbonyl (C=O) groups excluding carboxylic acids is 1. The first kappa shape index (κ1) is 19.4. The van der Waals surface area contributed by atoms with Crippen LogP contribution in [0.1, 0.15) is 44.9 Å². The first-order valence-corrected chi connectivity index (χ1v) is 8.63. The predicted octanol–water partition coefficient (Wildman–Crippen LogP) is 3.58. The number of ether oxygens (including phenoxy) is 2. The van der Waals surface area contributed by atoms with Crippen LogP contribution in [0.25, 0.3) is 0 Å². The summed E-state index contributed by atoms with van der Waals surface area (Å²) in [6.07, 6.45) is 8.00. The molecule has 0 N–H and O–H groups in total. The summed E-state index contributed by atoms with van der Waals surface area (Å²) in [5, 5.41) is 0. The molecule has 0 radical (unpaired) electrons. The molecule has 0 aromatic carbocycles. The van der Waals surface area contributed by atoms with E-state index in [4.69, 9.17) is 4.74 Å². The Bertz CT molecular complexity index is 575. The highest BCUT2D eigenvalue weighted by Crippen LogP contribution is 2.26. The maximum Gasteiger partial charge on any atom is 0.305 e. The fourth-order valence-electron chi connectivity index (χ4n) is 1.85. The molecule has 4 heteroatoms. The van der Waals surface area contributed by atoms with Crippen LogP contribution in [0.2, 0.25) is 0 Å². The molecule has 0 saturated carbocycles. The molecule has 1 rings (SSSR count). The van der Waals surface area contributed by atoms with Crippen molar-refractivity contribution in [1.82, 2.24) is 0 Å². The Hall–Kier alpha value is -1.67. The van der Waals surface area contributed by atoms with Crippen LogP contribution in [-0.2, 0) is 14.3 Å². The van der Waals surface area contributed by atoms with Gasteiger partial charge in [0.15, 0.2) is 0 Å². The SMILES string of the molecule is COC(=O)CCCC#CC#CC1OC1CCCCC#CC=CBr. The lowest BCUT2D eigenvalue weighted by Crippen LogP contribution is -1.98. The summed E-state index contributed by atoms with van der Waals surface area (Å²) in [5.41, 5.74) is 0. The molecule has 0 amide bonds. The van der Waals surface area contributed by atoms with E-state index in [1.807, 2.05) is 0 Å². The van der Waals surface area contributed by atoms with E-state index in [0.29, 0.717) is 19.3 Å². The maximum absolute atomic E-state index is 10.9. The van der Waals surface area contributed by atoms with Crippen LogP contribution in [0.15, 0.2) is 11.1 Å². The third kappa shape index (κ3) is 10.6. The van der Waals surface area contributed by atoms with Crippen molar-refractivity contribution >= 4 is 21.9 Å². The van der Waals surface area contributed by atoms with E-state index >= 15 is 0 Å². The molecule has 1 aliphatic rings. The van der Waals surface area contributed by atoms with Crippen molar-refractivity contribution in [1.29, 1.82) is 0 Å². The zero-order chi connectivity index (χ0) is 16.8. The van der Waals surface area contributed by atoms with Gasteiger partial charge in [0.2, 0.25) is 0 Å². The van der Waals surface area contributed by atoms with E-state index in [2.05, 4.69) is 56.2 Å². The summed E-state index contributed by atoms with van der Waals surface area (Å²) in [5.74, 6) is 17.4. The van der Waals surface area contributed by atoms with Gasteiger partial charge in [0, 0.05) is 19.3 Å².